The van der Waals surface area contributed by atoms with Crippen molar-refractivity contribution in [2.75, 3.05) is 33.5 Å². The molecule has 0 aliphatic carbocycles. The fourth-order valence-corrected chi connectivity index (χ4v) is 5.73. The number of rotatable bonds is 6. The van der Waals surface area contributed by atoms with Crippen molar-refractivity contribution in [1.82, 2.24) is 19.4 Å². The average Bonchev–Trinajstić information content (AvgIpc) is 3.59. The number of nitrogens with zero attached hydrogens (tertiary/aromatic N) is 4. The third kappa shape index (κ3) is 4.29. The summed E-state index contributed by atoms with van der Waals surface area (Å²) in [7, 11) is 1.94. The summed E-state index contributed by atoms with van der Waals surface area (Å²) in [6.45, 7) is 4.01. The molecule has 4 heterocycles. The van der Waals surface area contributed by atoms with Crippen LogP contribution in [0.25, 0.3) is 11.3 Å². The van der Waals surface area contributed by atoms with Gasteiger partial charge < -0.3 is 23.8 Å². The maximum Gasteiger partial charge on any atom is 0.231 e. The van der Waals surface area contributed by atoms with Gasteiger partial charge in [0, 0.05) is 25.7 Å². The normalized spacial score (nSPS) is 22.2. The number of amides is 1. The van der Waals surface area contributed by atoms with Gasteiger partial charge in [-0.15, -0.1) is 0 Å². The fourth-order valence-electron chi connectivity index (χ4n) is 5.73. The van der Waals surface area contributed by atoms with Crippen LogP contribution >= 0.6 is 0 Å². The summed E-state index contributed by atoms with van der Waals surface area (Å²) < 4.78 is 13.4. The molecule has 2 atom stereocenters. The molecule has 7 nitrogen and oxygen atoms in total. The van der Waals surface area contributed by atoms with E-state index in [9.17, 15) is 4.79 Å². The number of piperidine rings is 1. The fraction of sp³-hybridized carbons (Fsp3) is 0.429. The van der Waals surface area contributed by atoms with Crippen LogP contribution in [0.2, 0.25) is 0 Å². The minimum atomic E-state index is -0.0382. The van der Waals surface area contributed by atoms with Gasteiger partial charge >= 0.3 is 0 Å². The number of likely N-dealkylation sites (tertiary alicyclic amines) is 2. The van der Waals surface area contributed by atoms with Crippen molar-refractivity contribution in [1.29, 1.82) is 0 Å². The summed E-state index contributed by atoms with van der Waals surface area (Å²) in [6.07, 6.45) is 6.52. The van der Waals surface area contributed by atoms with E-state index < -0.39 is 0 Å². The Bertz CT molecular complexity index is 1200. The third-order valence-corrected chi connectivity index (χ3v) is 7.64. The number of carbonyl (C=O) groups excluding carboxylic acids is 1. The number of fused-ring (bicyclic) bond motifs is 1. The van der Waals surface area contributed by atoms with Crippen LogP contribution in [0.15, 0.2) is 54.7 Å². The van der Waals surface area contributed by atoms with Gasteiger partial charge in [-0.05, 0) is 56.1 Å². The van der Waals surface area contributed by atoms with Crippen LogP contribution in [0, 0.1) is 5.92 Å². The Balaban J connectivity index is 1.33. The molecule has 2 fully saturated rings. The molecule has 0 N–H and O–H groups in total. The van der Waals surface area contributed by atoms with Gasteiger partial charge in [-0.2, -0.15) is 0 Å². The molecule has 2 aromatic carbocycles. The van der Waals surface area contributed by atoms with E-state index in [2.05, 4.69) is 39.8 Å². The Labute approximate surface area is 206 Å². The first-order valence-corrected chi connectivity index (χ1v) is 12.7. The zero-order valence-electron chi connectivity index (χ0n) is 20.2. The molecule has 0 spiro atoms. The van der Waals surface area contributed by atoms with Crippen LogP contribution in [0.4, 0.5) is 0 Å². The Kier molecular flexibility index (Phi) is 5.94. The van der Waals surface area contributed by atoms with E-state index in [-0.39, 0.29) is 24.7 Å². The summed E-state index contributed by atoms with van der Waals surface area (Å²) in [4.78, 5) is 22.6. The van der Waals surface area contributed by atoms with Gasteiger partial charge in [-0.1, -0.05) is 36.8 Å². The predicted molar refractivity (Wildman–Crippen MR) is 133 cm³/mol. The molecular weight excluding hydrogens is 440 g/mol. The molecule has 35 heavy (non-hydrogen) atoms. The molecule has 3 aliphatic rings. The van der Waals surface area contributed by atoms with Gasteiger partial charge in [-0.3, -0.25) is 4.79 Å². The van der Waals surface area contributed by atoms with Crippen LogP contribution in [-0.4, -0.2) is 58.7 Å². The molecular formula is C28H32N4O3. The number of benzene rings is 2. The number of carbonyl (C=O) groups is 1. The lowest BCUT2D eigenvalue weighted by atomic mass is 10.0. The lowest BCUT2D eigenvalue weighted by Crippen LogP contribution is -2.37. The molecule has 1 aromatic heterocycles. The maximum atomic E-state index is 13.3. The van der Waals surface area contributed by atoms with Crippen molar-refractivity contribution in [3.05, 3.63) is 66.1 Å². The van der Waals surface area contributed by atoms with Crippen molar-refractivity contribution in [3.63, 3.8) is 0 Å². The Hall–Kier alpha value is -3.32. The zero-order chi connectivity index (χ0) is 23.8. The smallest absolute Gasteiger partial charge is 0.231 e. The van der Waals surface area contributed by atoms with E-state index in [1.54, 1.807) is 0 Å². The highest BCUT2D eigenvalue weighted by Gasteiger charge is 2.41. The highest BCUT2D eigenvalue weighted by molar-refractivity contribution is 5.81. The van der Waals surface area contributed by atoms with Gasteiger partial charge in [0.1, 0.15) is 5.82 Å². The average molecular weight is 473 g/mol. The van der Waals surface area contributed by atoms with Gasteiger partial charge in [0.25, 0.3) is 0 Å². The lowest BCUT2D eigenvalue weighted by molar-refractivity contribution is -0.131. The van der Waals surface area contributed by atoms with Gasteiger partial charge in [-0.25, -0.2) is 4.98 Å². The molecule has 0 bridgehead atoms. The summed E-state index contributed by atoms with van der Waals surface area (Å²) in [6, 6.07) is 16.4. The van der Waals surface area contributed by atoms with Gasteiger partial charge in [0.2, 0.25) is 12.7 Å². The molecule has 0 saturated carbocycles. The molecule has 182 valence electrons. The molecule has 1 amide bonds. The first-order valence-electron chi connectivity index (χ1n) is 12.7. The summed E-state index contributed by atoms with van der Waals surface area (Å²) >= 11 is 0. The van der Waals surface area contributed by atoms with E-state index in [1.165, 1.54) is 24.8 Å². The number of hydrogen-bond donors (Lipinski definition) is 0. The second-order valence-electron chi connectivity index (χ2n) is 9.90. The van der Waals surface area contributed by atoms with Crippen LogP contribution in [-0.2, 0) is 11.3 Å². The second kappa shape index (κ2) is 9.38. The zero-order valence-corrected chi connectivity index (χ0v) is 20.2. The van der Waals surface area contributed by atoms with Gasteiger partial charge in [0.05, 0.1) is 23.9 Å². The van der Waals surface area contributed by atoms with E-state index in [1.807, 2.05) is 36.3 Å². The summed E-state index contributed by atoms with van der Waals surface area (Å²) in [5.41, 5.74) is 3.24. The van der Waals surface area contributed by atoms with E-state index in [4.69, 9.17) is 14.5 Å². The Morgan fingerprint density at radius 2 is 1.80 bits per heavy atom. The first-order chi connectivity index (χ1) is 17.2. The van der Waals surface area contributed by atoms with E-state index in [0.717, 1.165) is 54.6 Å². The maximum absolute atomic E-state index is 13.3. The standard InChI is InChI=1S/C28H32N4O3/c1-30-23(14-22(28(30)33)18-31-12-6-3-7-13-31)27-29-16-24(32(27)17-20-8-4-2-5-9-20)21-10-11-25-26(15-21)35-19-34-25/h2,4-5,8-11,15-16,22-23H,3,6-7,12-14,17-19H2,1H3/t22-,23+/m1/s1. The number of hydrogen-bond acceptors (Lipinski definition) is 5. The van der Waals surface area contributed by atoms with Crippen molar-refractivity contribution in [3.8, 4) is 22.8 Å². The molecule has 3 aliphatic heterocycles. The SMILES string of the molecule is CN1C(=O)[C@@H](CN2CCCCC2)C[C@H]1c1ncc(-c2ccc3c(c2)OCO3)n1Cc1ccccc1. The molecule has 7 heteroatoms. The quantitative estimate of drug-likeness (QED) is 0.534. The van der Waals surface area contributed by atoms with Crippen molar-refractivity contribution >= 4 is 5.91 Å². The minimum Gasteiger partial charge on any atom is -0.454 e. The van der Waals surface area contributed by atoms with Crippen molar-refractivity contribution in [2.24, 2.45) is 5.92 Å². The summed E-state index contributed by atoms with van der Waals surface area (Å²) in [5, 5.41) is 0. The largest absolute Gasteiger partial charge is 0.454 e. The molecule has 6 rings (SSSR count). The molecule has 3 aromatic rings. The van der Waals surface area contributed by atoms with Crippen LogP contribution in [0.3, 0.4) is 0 Å². The number of aromatic nitrogens is 2. The number of imidazole rings is 1. The molecule has 2 saturated heterocycles. The molecule has 0 unspecified atom stereocenters. The minimum absolute atomic E-state index is 0.0268. The first kappa shape index (κ1) is 22.2. The monoisotopic (exact) mass is 472 g/mol. The van der Waals surface area contributed by atoms with E-state index >= 15 is 0 Å². The predicted octanol–water partition coefficient (Wildman–Crippen LogP) is 4.33. The topological polar surface area (TPSA) is 59.8 Å². The van der Waals surface area contributed by atoms with Gasteiger partial charge in [0.15, 0.2) is 11.5 Å². The highest BCUT2D eigenvalue weighted by Crippen LogP contribution is 2.40. The summed E-state index contributed by atoms with van der Waals surface area (Å²) in [5.74, 6) is 2.73. The van der Waals surface area contributed by atoms with Crippen molar-refractivity contribution in [2.45, 2.75) is 38.3 Å². The molecule has 0 radical (unpaired) electrons. The Morgan fingerprint density at radius 1 is 1.00 bits per heavy atom. The van der Waals surface area contributed by atoms with Crippen molar-refractivity contribution < 1.29 is 14.3 Å². The van der Waals surface area contributed by atoms with Crippen LogP contribution in [0.1, 0.15) is 43.1 Å². The Morgan fingerprint density at radius 3 is 2.63 bits per heavy atom. The van der Waals surface area contributed by atoms with Crippen LogP contribution in [0.5, 0.6) is 11.5 Å². The van der Waals surface area contributed by atoms with Crippen LogP contribution < -0.4 is 9.47 Å². The van der Waals surface area contributed by atoms with E-state index in [0.29, 0.717) is 6.54 Å². The third-order valence-electron chi connectivity index (χ3n) is 7.64. The second-order valence-corrected chi connectivity index (χ2v) is 9.90. The lowest BCUT2D eigenvalue weighted by Gasteiger charge is -2.28. The highest BCUT2D eigenvalue weighted by atomic mass is 16.7. The number of ether oxygens (including phenoxy) is 2.